The number of amides is 1. The second-order valence-electron chi connectivity index (χ2n) is 7.11. The Morgan fingerprint density at radius 1 is 1.46 bits per heavy atom. The van der Waals surface area contributed by atoms with Gasteiger partial charge in [0.05, 0.1) is 5.56 Å². The molecule has 0 saturated heterocycles. The van der Waals surface area contributed by atoms with Crippen LogP contribution in [-0.4, -0.2) is 11.9 Å². The lowest BCUT2D eigenvalue weighted by Gasteiger charge is -2.27. The first kappa shape index (κ1) is 18.5. The molecule has 2 rings (SSSR count). The maximum Gasteiger partial charge on any atom is 0.225 e. The van der Waals surface area contributed by atoms with Crippen molar-refractivity contribution in [2.24, 2.45) is 11.3 Å². The molecular formula is C18H23N2O3S-. The summed E-state index contributed by atoms with van der Waals surface area (Å²) in [5, 5.41) is 23.8. The van der Waals surface area contributed by atoms with Crippen molar-refractivity contribution in [1.82, 2.24) is 0 Å². The fourth-order valence-corrected chi connectivity index (χ4v) is 4.55. The Labute approximate surface area is 146 Å². The lowest BCUT2D eigenvalue weighted by molar-refractivity contribution is -0.308. The highest BCUT2D eigenvalue weighted by molar-refractivity contribution is 7.16. The van der Waals surface area contributed by atoms with Crippen molar-refractivity contribution in [2.75, 3.05) is 5.32 Å². The summed E-state index contributed by atoms with van der Waals surface area (Å²) in [5.74, 6) is -0.799. The molecule has 24 heavy (non-hydrogen) atoms. The lowest BCUT2D eigenvalue weighted by Crippen LogP contribution is -2.33. The first-order valence-corrected chi connectivity index (χ1v) is 9.14. The summed E-state index contributed by atoms with van der Waals surface area (Å²) in [6.45, 7) is 5.83. The van der Waals surface area contributed by atoms with Crippen LogP contribution in [0.15, 0.2) is 0 Å². The smallest absolute Gasteiger partial charge is 0.225 e. The number of fused-ring (bicyclic) bond motifs is 1. The molecule has 2 atom stereocenters. The average molecular weight is 347 g/mol. The number of nitriles is 1. The number of hydrogen-bond donors (Lipinski definition) is 1. The SMILES string of the molecule is CC[C@](C)(CC(=O)[O-])CC(=O)Nc1sc2c(c1C#N)CC[C@@H](C)C2. The van der Waals surface area contributed by atoms with E-state index >= 15 is 0 Å². The normalized spacial score (nSPS) is 19.0. The maximum atomic E-state index is 12.4. The Morgan fingerprint density at radius 2 is 2.17 bits per heavy atom. The molecule has 0 aromatic carbocycles. The van der Waals surface area contributed by atoms with E-state index in [0.29, 0.717) is 22.9 Å². The van der Waals surface area contributed by atoms with Crippen LogP contribution < -0.4 is 10.4 Å². The quantitative estimate of drug-likeness (QED) is 0.856. The average Bonchev–Trinajstić information content (AvgIpc) is 2.81. The van der Waals surface area contributed by atoms with E-state index in [1.165, 1.54) is 16.2 Å². The third-order valence-electron chi connectivity index (χ3n) is 4.89. The number of anilines is 1. The highest BCUT2D eigenvalue weighted by atomic mass is 32.1. The Hall–Kier alpha value is -1.87. The molecule has 0 saturated carbocycles. The summed E-state index contributed by atoms with van der Waals surface area (Å²) in [4.78, 5) is 24.5. The van der Waals surface area contributed by atoms with Crippen LogP contribution >= 0.6 is 11.3 Å². The fourth-order valence-electron chi connectivity index (χ4n) is 3.18. The molecule has 1 aromatic rings. The van der Waals surface area contributed by atoms with Gasteiger partial charge in [0, 0.05) is 17.3 Å². The van der Waals surface area contributed by atoms with Crippen LogP contribution in [0, 0.1) is 22.7 Å². The first-order valence-electron chi connectivity index (χ1n) is 8.32. The third kappa shape index (κ3) is 4.15. The van der Waals surface area contributed by atoms with Crippen molar-refractivity contribution < 1.29 is 14.7 Å². The molecule has 1 heterocycles. The zero-order chi connectivity index (χ0) is 17.9. The minimum Gasteiger partial charge on any atom is -0.550 e. The second-order valence-corrected chi connectivity index (χ2v) is 8.21. The molecule has 1 aliphatic carbocycles. The highest BCUT2D eigenvalue weighted by Gasteiger charge is 2.28. The van der Waals surface area contributed by atoms with Crippen molar-refractivity contribution in [1.29, 1.82) is 5.26 Å². The Balaban J connectivity index is 2.15. The van der Waals surface area contributed by atoms with Crippen LogP contribution in [0.1, 0.15) is 62.5 Å². The van der Waals surface area contributed by atoms with Gasteiger partial charge >= 0.3 is 0 Å². The topological polar surface area (TPSA) is 93.0 Å². The predicted octanol–water partition coefficient (Wildman–Crippen LogP) is 2.63. The van der Waals surface area contributed by atoms with Gasteiger partial charge in [-0.15, -0.1) is 11.3 Å². The molecule has 5 nitrogen and oxygen atoms in total. The van der Waals surface area contributed by atoms with Crippen molar-refractivity contribution >= 4 is 28.2 Å². The molecule has 0 unspecified atom stereocenters. The first-order chi connectivity index (χ1) is 11.3. The van der Waals surface area contributed by atoms with Crippen molar-refractivity contribution in [3.05, 3.63) is 16.0 Å². The number of carboxylic acid groups (broad SMARTS) is 1. The summed E-state index contributed by atoms with van der Waals surface area (Å²) >= 11 is 1.48. The summed E-state index contributed by atoms with van der Waals surface area (Å²) in [7, 11) is 0. The van der Waals surface area contributed by atoms with E-state index in [9.17, 15) is 20.0 Å². The van der Waals surface area contributed by atoms with Gasteiger partial charge in [-0.05, 0) is 49.0 Å². The lowest BCUT2D eigenvalue weighted by atomic mass is 9.80. The van der Waals surface area contributed by atoms with Gasteiger partial charge < -0.3 is 15.2 Å². The number of carboxylic acids is 1. The van der Waals surface area contributed by atoms with Gasteiger partial charge in [-0.25, -0.2) is 0 Å². The Bertz CT molecular complexity index is 689. The number of aliphatic carboxylic acids is 1. The van der Waals surface area contributed by atoms with Gasteiger partial charge in [-0.3, -0.25) is 4.79 Å². The zero-order valence-electron chi connectivity index (χ0n) is 14.4. The maximum absolute atomic E-state index is 12.4. The summed E-state index contributed by atoms with van der Waals surface area (Å²) in [6.07, 6.45) is 3.40. The number of rotatable bonds is 6. The number of nitrogens with one attached hydrogen (secondary N) is 1. The number of carbonyl (C=O) groups excluding carboxylic acids is 2. The zero-order valence-corrected chi connectivity index (χ0v) is 15.2. The molecule has 130 valence electrons. The molecule has 0 spiro atoms. The Kier molecular flexibility index (Phi) is 5.66. The fraction of sp³-hybridized carbons (Fsp3) is 0.611. The summed E-state index contributed by atoms with van der Waals surface area (Å²) in [6, 6.07) is 2.22. The second kappa shape index (κ2) is 7.35. The molecule has 0 radical (unpaired) electrons. The number of thiophene rings is 1. The third-order valence-corrected chi connectivity index (χ3v) is 6.06. The van der Waals surface area contributed by atoms with Gasteiger partial charge in [0.25, 0.3) is 0 Å². The van der Waals surface area contributed by atoms with Crippen LogP contribution in [0.4, 0.5) is 5.00 Å². The molecule has 1 aromatic heterocycles. The van der Waals surface area contributed by atoms with E-state index < -0.39 is 11.4 Å². The van der Waals surface area contributed by atoms with E-state index in [1.54, 1.807) is 6.92 Å². The van der Waals surface area contributed by atoms with Crippen molar-refractivity contribution in [3.63, 3.8) is 0 Å². The van der Waals surface area contributed by atoms with Crippen LogP contribution in [0.25, 0.3) is 0 Å². The molecule has 0 bridgehead atoms. The summed E-state index contributed by atoms with van der Waals surface area (Å²) < 4.78 is 0. The molecule has 1 amide bonds. The predicted molar refractivity (Wildman–Crippen MR) is 91.5 cm³/mol. The molecule has 0 fully saturated rings. The van der Waals surface area contributed by atoms with Crippen molar-refractivity contribution in [3.8, 4) is 6.07 Å². The van der Waals surface area contributed by atoms with Crippen LogP contribution in [-0.2, 0) is 22.4 Å². The molecular weight excluding hydrogens is 324 g/mol. The minimum atomic E-state index is -1.15. The van der Waals surface area contributed by atoms with Crippen LogP contribution in [0.3, 0.4) is 0 Å². The summed E-state index contributed by atoms with van der Waals surface area (Å²) in [5.41, 5.74) is 1.01. The van der Waals surface area contributed by atoms with E-state index in [1.807, 2.05) is 6.92 Å². The van der Waals surface area contributed by atoms with Gasteiger partial charge in [0.2, 0.25) is 5.91 Å². The number of nitrogens with zero attached hydrogens (tertiary/aromatic N) is 1. The molecule has 0 aliphatic heterocycles. The van der Waals surface area contributed by atoms with Gasteiger partial charge in [-0.1, -0.05) is 20.8 Å². The molecule has 1 aliphatic rings. The van der Waals surface area contributed by atoms with Crippen LogP contribution in [0.5, 0.6) is 0 Å². The number of carbonyl (C=O) groups is 2. The van der Waals surface area contributed by atoms with E-state index in [-0.39, 0.29) is 18.7 Å². The number of hydrogen-bond acceptors (Lipinski definition) is 5. The Morgan fingerprint density at radius 3 is 2.75 bits per heavy atom. The standard InChI is InChI=1S/C18H24N2O3S/c1-4-18(3,9-16(22)23)8-15(21)20-17-13(10-19)12-6-5-11(2)7-14(12)24-17/h11H,4-9H2,1-3H3,(H,20,21)(H,22,23)/p-1/t11-,18+/m1/s1. The molecule has 1 N–H and O–H groups in total. The van der Waals surface area contributed by atoms with E-state index in [4.69, 9.17) is 0 Å². The van der Waals surface area contributed by atoms with E-state index in [0.717, 1.165) is 24.8 Å². The highest BCUT2D eigenvalue weighted by Crippen LogP contribution is 2.39. The van der Waals surface area contributed by atoms with Gasteiger partial charge in [0.15, 0.2) is 0 Å². The monoisotopic (exact) mass is 347 g/mol. The van der Waals surface area contributed by atoms with Gasteiger partial charge in [-0.2, -0.15) is 5.26 Å². The van der Waals surface area contributed by atoms with E-state index in [2.05, 4.69) is 18.3 Å². The van der Waals surface area contributed by atoms with Crippen LogP contribution in [0.2, 0.25) is 0 Å². The molecule has 6 heteroatoms. The minimum absolute atomic E-state index is 0.0985. The largest absolute Gasteiger partial charge is 0.550 e. The van der Waals surface area contributed by atoms with Crippen molar-refractivity contribution in [2.45, 2.75) is 59.3 Å². The van der Waals surface area contributed by atoms with Gasteiger partial charge in [0.1, 0.15) is 11.1 Å².